The fourth-order valence-electron chi connectivity index (χ4n) is 4.46. The van der Waals surface area contributed by atoms with E-state index in [1.54, 1.807) is 24.3 Å². The van der Waals surface area contributed by atoms with Crippen molar-refractivity contribution in [3.8, 4) is 5.75 Å². The van der Waals surface area contributed by atoms with Gasteiger partial charge in [-0.25, -0.2) is 13.2 Å². The maximum Gasteiger partial charge on any atom is 0.325 e. The van der Waals surface area contributed by atoms with Gasteiger partial charge in [0.25, 0.3) is 5.91 Å². The number of carbonyl (C=O) groups excluding carboxylic acids is 3. The molecule has 4 amide bonds. The molecule has 1 aromatic rings. The number of ether oxygens (including phenoxy) is 2. The average molecular weight is 452 g/mol. The number of hydrogen-bond acceptors (Lipinski definition) is 7. The van der Waals surface area contributed by atoms with Gasteiger partial charge in [-0.3, -0.25) is 14.5 Å². The van der Waals surface area contributed by atoms with Gasteiger partial charge in [-0.1, -0.05) is 18.2 Å². The quantitative estimate of drug-likeness (QED) is 0.598. The Morgan fingerprint density at radius 2 is 2.13 bits per heavy atom. The lowest BCUT2D eigenvalue weighted by Gasteiger charge is -2.33. The Hall–Kier alpha value is -2.66. The van der Waals surface area contributed by atoms with Crippen LogP contribution in [0.25, 0.3) is 0 Å². The third-order valence-electron chi connectivity index (χ3n) is 6.06. The topological polar surface area (TPSA) is 122 Å². The normalized spacial score (nSPS) is 26.5. The fraction of sp³-hybridized carbons (Fsp3) is 0.550. The number of fused-ring (bicyclic) bond motifs is 2. The van der Waals surface area contributed by atoms with E-state index in [-0.39, 0.29) is 37.7 Å². The van der Waals surface area contributed by atoms with Crippen molar-refractivity contribution in [2.24, 2.45) is 0 Å². The minimum Gasteiger partial charge on any atom is -0.493 e. The molecule has 3 aliphatic heterocycles. The predicted molar refractivity (Wildman–Crippen MR) is 109 cm³/mol. The van der Waals surface area contributed by atoms with Crippen LogP contribution in [0.2, 0.25) is 0 Å². The standard InChI is InChI=1S/C20H25N3O7S/c1-29-10-8-22(14-6-11-31(27,28)13-14)17(24)12-23-18(25)20(21-19(23)26)7-9-30-16-5-3-2-4-15(16)20/h2-5,14H,6-13H2,1H3,(H,21,26)/t14-,20+/m1/s1. The summed E-state index contributed by atoms with van der Waals surface area (Å²) in [6.45, 7) is 0.193. The van der Waals surface area contributed by atoms with Crippen molar-refractivity contribution >= 4 is 27.7 Å². The van der Waals surface area contributed by atoms with Crippen LogP contribution >= 0.6 is 0 Å². The SMILES string of the molecule is COCCN(C(=O)CN1C(=O)N[C@]2(CCOc3ccccc32)C1=O)[C@@H]1CCS(=O)(=O)C1. The summed E-state index contributed by atoms with van der Waals surface area (Å²) in [6, 6.07) is 5.86. The highest BCUT2D eigenvalue weighted by molar-refractivity contribution is 7.91. The van der Waals surface area contributed by atoms with Crippen LogP contribution in [0.1, 0.15) is 18.4 Å². The van der Waals surface area contributed by atoms with Crippen molar-refractivity contribution in [3.05, 3.63) is 29.8 Å². The molecule has 4 rings (SSSR count). The molecule has 1 aromatic carbocycles. The second kappa shape index (κ2) is 8.12. The van der Waals surface area contributed by atoms with Crippen LogP contribution in [-0.2, 0) is 29.7 Å². The van der Waals surface area contributed by atoms with Crippen LogP contribution in [0, 0.1) is 0 Å². The van der Waals surface area contributed by atoms with E-state index in [0.29, 0.717) is 17.7 Å². The van der Waals surface area contributed by atoms with Gasteiger partial charge in [0.05, 0.1) is 24.7 Å². The smallest absolute Gasteiger partial charge is 0.325 e. The molecule has 1 N–H and O–H groups in total. The fourth-order valence-corrected chi connectivity index (χ4v) is 6.19. The van der Waals surface area contributed by atoms with Crippen molar-refractivity contribution in [1.82, 2.24) is 15.1 Å². The highest BCUT2D eigenvalue weighted by Gasteiger charge is 2.55. The number of para-hydroxylation sites is 1. The minimum absolute atomic E-state index is 0.0114. The van der Waals surface area contributed by atoms with Gasteiger partial charge in [0.15, 0.2) is 15.4 Å². The predicted octanol–water partition coefficient (Wildman–Crippen LogP) is -0.122. The van der Waals surface area contributed by atoms with Crippen molar-refractivity contribution in [2.45, 2.75) is 24.4 Å². The molecule has 10 nitrogen and oxygen atoms in total. The number of nitrogens with one attached hydrogen (secondary N) is 1. The van der Waals surface area contributed by atoms with E-state index >= 15 is 0 Å². The third kappa shape index (κ3) is 3.87. The molecule has 2 atom stereocenters. The number of hydrogen-bond donors (Lipinski definition) is 1. The molecule has 0 aliphatic carbocycles. The number of amides is 4. The molecule has 0 saturated carbocycles. The van der Waals surface area contributed by atoms with Crippen LogP contribution in [-0.4, -0.2) is 87.0 Å². The second-order valence-corrected chi connectivity index (χ2v) is 10.2. The molecule has 3 aliphatic rings. The first kappa shape index (κ1) is 21.6. The Morgan fingerprint density at radius 1 is 1.35 bits per heavy atom. The monoisotopic (exact) mass is 451 g/mol. The van der Waals surface area contributed by atoms with E-state index in [4.69, 9.17) is 9.47 Å². The molecule has 0 bridgehead atoms. The van der Waals surface area contributed by atoms with Gasteiger partial charge in [0, 0.05) is 31.7 Å². The second-order valence-electron chi connectivity index (χ2n) is 7.96. The van der Waals surface area contributed by atoms with Crippen LogP contribution in [0.15, 0.2) is 24.3 Å². The molecule has 11 heteroatoms. The van der Waals surface area contributed by atoms with E-state index in [9.17, 15) is 22.8 Å². The highest BCUT2D eigenvalue weighted by atomic mass is 32.2. The molecule has 168 valence electrons. The Labute approximate surface area is 180 Å². The zero-order chi connectivity index (χ0) is 22.2. The molecule has 3 heterocycles. The first-order valence-electron chi connectivity index (χ1n) is 10.1. The van der Waals surface area contributed by atoms with Gasteiger partial charge in [-0.15, -0.1) is 0 Å². The Morgan fingerprint density at radius 3 is 2.84 bits per heavy atom. The van der Waals surface area contributed by atoms with E-state index in [2.05, 4.69) is 5.32 Å². The number of nitrogens with zero attached hydrogens (tertiary/aromatic N) is 2. The van der Waals surface area contributed by atoms with E-state index in [1.165, 1.54) is 12.0 Å². The number of sulfone groups is 1. The van der Waals surface area contributed by atoms with Crippen molar-refractivity contribution < 1.29 is 32.3 Å². The van der Waals surface area contributed by atoms with Gasteiger partial charge in [0.2, 0.25) is 5.91 Å². The maximum atomic E-state index is 13.3. The van der Waals surface area contributed by atoms with Crippen molar-refractivity contribution in [2.75, 3.05) is 44.9 Å². The maximum absolute atomic E-state index is 13.3. The number of urea groups is 1. The zero-order valence-electron chi connectivity index (χ0n) is 17.2. The summed E-state index contributed by atoms with van der Waals surface area (Å²) in [6.07, 6.45) is 0.583. The molecule has 0 aromatic heterocycles. The average Bonchev–Trinajstić information content (AvgIpc) is 3.21. The van der Waals surface area contributed by atoms with Gasteiger partial charge in [0.1, 0.15) is 12.3 Å². The summed E-state index contributed by atoms with van der Waals surface area (Å²) in [5.74, 6) is -0.588. The summed E-state index contributed by atoms with van der Waals surface area (Å²) in [5, 5.41) is 2.76. The van der Waals surface area contributed by atoms with Crippen molar-refractivity contribution in [1.29, 1.82) is 0 Å². The van der Waals surface area contributed by atoms with Crippen molar-refractivity contribution in [3.63, 3.8) is 0 Å². The Balaban J connectivity index is 1.55. The number of rotatable bonds is 6. The lowest BCUT2D eigenvalue weighted by molar-refractivity contribution is -0.141. The minimum atomic E-state index is -3.21. The molecule has 2 fully saturated rings. The van der Waals surface area contributed by atoms with E-state index < -0.39 is 45.8 Å². The highest BCUT2D eigenvalue weighted by Crippen LogP contribution is 2.40. The Kier molecular flexibility index (Phi) is 5.65. The molecule has 1 spiro atoms. The van der Waals surface area contributed by atoms with Crippen LogP contribution < -0.4 is 10.1 Å². The van der Waals surface area contributed by atoms with Gasteiger partial charge >= 0.3 is 6.03 Å². The van der Waals surface area contributed by atoms with E-state index in [0.717, 1.165) is 4.90 Å². The van der Waals surface area contributed by atoms with Gasteiger partial charge < -0.3 is 19.7 Å². The van der Waals surface area contributed by atoms with Crippen LogP contribution in [0.4, 0.5) is 4.79 Å². The molecule has 31 heavy (non-hydrogen) atoms. The number of benzene rings is 1. The van der Waals surface area contributed by atoms with Crippen LogP contribution in [0.3, 0.4) is 0 Å². The van der Waals surface area contributed by atoms with Gasteiger partial charge in [-0.05, 0) is 12.5 Å². The summed E-state index contributed by atoms with van der Waals surface area (Å²) >= 11 is 0. The largest absolute Gasteiger partial charge is 0.493 e. The zero-order valence-corrected chi connectivity index (χ0v) is 18.0. The van der Waals surface area contributed by atoms with Gasteiger partial charge in [-0.2, -0.15) is 0 Å². The molecule has 0 radical (unpaired) electrons. The van der Waals surface area contributed by atoms with Crippen LogP contribution in [0.5, 0.6) is 5.75 Å². The summed E-state index contributed by atoms with van der Waals surface area (Å²) in [5.41, 5.74) is -0.701. The molecular weight excluding hydrogens is 426 g/mol. The molecule has 0 unspecified atom stereocenters. The third-order valence-corrected chi connectivity index (χ3v) is 7.81. The first-order chi connectivity index (χ1) is 14.8. The van der Waals surface area contributed by atoms with E-state index in [1.807, 2.05) is 0 Å². The number of methoxy groups -OCH3 is 1. The molecule has 2 saturated heterocycles. The summed E-state index contributed by atoms with van der Waals surface area (Å²) < 4.78 is 34.5. The summed E-state index contributed by atoms with van der Waals surface area (Å²) in [7, 11) is -1.73. The summed E-state index contributed by atoms with van der Waals surface area (Å²) in [4.78, 5) is 41.5. The number of carbonyl (C=O) groups is 3. The number of imide groups is 1. The Bertz CT molecular complexity index is 1010. The lowest BCUT2D eigenvalue weighted by Crippen LogP contribution is -2.50. The first-order valence-corrected chi connectivity index (χ1v) is 11.9. The lowest BCUT2D eigenvalue weighted by atomic mass is 9.84. The molecular formula is C20H25N3O7S.